The van der Waals surface area contributed by atoms with Crippen molar-refractivity contribution in [2.24, 2.45) is 0 Å². The largest absolute Gasteiger partial charge is 0.421 e. The Bertz CT molecular complexity index is 879. The van der Waals surface area contributed by atoms with Crippen molar-refractivity contribution >= 4 is 5.91 Å². The molecule has 1 aliphatic heterocycles. The minimum absolute atomic E-state index is 0.175. The molecule has 0 N–H and O–H groups in total. The number of carbonyl (C=O) groups excluding carboxylic acids is 1. The summed E-state index contributed by atoms with van der Waals surface area (Å²) in [6.45, 7) is 0.824. The SMILES string of the molecule is O=C(CCCc1nnc(-c2ccccc2)o1)N1CCCC1c1ccncc1. The fourth-order valence-corrected chi connectivity index (χ4v) is 3.58. The summed E-state index contributed by atoms with van der Waals surface area (Å²) in [7, 11) is 0. The third-order valence-electron chi connectivity index (χ3n) is 4.93. The zero-order valence-electron chi connectivity index (χ0n) is 15.1. The van der Waals surface area contributed by atoms with E-state index in [1.165, 1.54) is 5.56 Å². The smallest absolute Gasteiger partial charge is 0.247 e. The lowest BCUT2D eigenvalue weighted by Crippen LogP contribution is -2.30. The Morgan fingerprint density at radius 3 is 2.74 bits per heavy atom. The number of benzene rings is 1. The lowest BCUT2D eigenvalue weighted by Gasteiger charge is -2.25. The highest BCUT2D eigenvalue weighted by Gasteiger charge is 2.29. The van der Waals surface area contributed by atoms with Gasteiger partial charge in [0, 0.05) is 37.3 Å². The highest BCUT2D eigenvalue weighted by atomic mass is 16.4. The lowest BCUT2D eigenvalue weighted by molar-refractivity contribution is -0.132. The Balaban J connectivity index is 1.31. The molecule has 6 nitrogen and oxygen atoms in total. The first kappa shape index (κ1) is 17.4. The summed E-state index contributed by atoms with van der Waals surface area (Å²) in [4.78, 5) is 18.8. The van der Waals surface area contributed by atoms with E-state index in [4.69, 9.17) is 4.42 Å². The van der Waals surface area contributed by atoms with Gasteiger partial charge in [-0.05, 0) is 49.1 Å². The van der Waals surface area contributed by atoms with Gasteiger partial charge in [-0.25, -0.2) is 0 Å². The molecule has 1 saturated heterocycles. The summed E-state index contributed by atoms with van der Waals surface area (Å²) >= 11 is 0. The number of hydrogen-bond acceptors (Lipinski definition) is 5. The zero-order valence-corrected chi connectivity index (χ0v) is 15.1. The number of amides is 1. The lowest BCUT2D eigenvalue weighted by atomic mass is 10.1. The van der Waals surface area contributed by atoms with Crippen molar-refractivity contribution in [2.75, 3.05) is 6.54 Å². The van der Waals surface area contributed by atoms with Crippen molar-refractivity contribution in [3.8, 4) is 11.5 Å². The van der Waals surface area contributed by atoms with Crippen molar-refractivity contribution in [2.45, 2.75) is 38.1 Å². The second-order valence-electron chi connectivity index (χ2n) is 6.75. The molecular weight excluding hydrogens is 340 g/mol. The molecule has 0 radical (unpaired) electrons. The Kier molecular flexibility index (Phi) is 5.23. The quantitative estimate of drug-likeness (QED) is 0.666. The van der Waals surface area contributed by atoms with E-state index in [-0.39, 0.29) is 11.9 Å². The zero-order chi connectivity index (χ0) is 18.5. The van der Waals surface area contributed by atoms with Crippen molar-refractivity contribution in [3.05, 3.63) is 66.3 Å². The van der Waals surface area contributed by atoms with E-state index in [9.17, 15) is 4.79 Å². The van der Waals surface area contributed by atoms with E-state index in [0.717, 1.165) is 24.9 Å². The van der Waals surface area contributed by atoms with Gasteiger partial charge in [-0.2, -0.15) is 0 Å². The van der Waals surface area contributed by atoms with Crippen molar-refractivity contribution in [1.29, 1.82) is 0 Å². The van der Waals surface area contributed by atoms with E-state index < -0.39 is 0 Å². The summed E-state index contributed by atoms with van der Waals surface area (Å²) in [5.74, 6) is 1.29. The summed E-state index contributed by atoms with van der Waals surface area (Å²) in [5.41, 5.74) is 2.07. The second kappa shape index (κ2) is 8.12. The minimum atomic E-state index is 0.175. The number of rotatable bonds is 6. The third kappa shape index (κ3) is 4.05. The van der Waals surface area contributed by atoms with Gasteiger partial charge < -0.3 is 9.32 Å². The Morgan fingerprint density at radius 1 is 1.11 bits per heavy atom. The van der Waals surface area contributed by atoms with Crippen LogP contribution < -0.4 is 0 Å². The number of nitrogens with zero attached hydrogens (tertiary/aromatic N) is 4. The maximum absolute atomic E-state index is 12.7. The van der Waals surface area contributed by atoms with Crippen molar-refractivity contribution in [1.82, 2.24) is 20.1 Å². The van der Waals surface area contributed by atoms with Crippen LogP contribution in [0.2, 0.25) is 0 Å². The number of hydrogen-bond donors (Lipinski definition) is 0. The molecule has 1 aromatic carbocycles. The average Bonchev–Trinajstić information content (AvgIpc) is 3.39. The highest BCUT2D eigenvalue weighted by Crippen LogP contribution is 2.32. The molecule has 1 atom stereocenters. The average molecular weight is 362 g/mol. The van der Waals surface area contributed by atoms with Gasteiger partial charge in [0.15, 0.2) is 0 Å². The summed E-state index contributed by atoms with van der Waals surface area (Å²) in [6.07, 6.45) is 7.44. The highest BCUT2D eigenvalue weighted by molar-refractivity contribution is 5.77. The summed E-state index contributed by atoms with van der Waals surface area (Å²) in [5, 5.41) is 8.20. The van der Waals surface area contributed by atoms with Gasteiger partial charge in [-0.3, -0.25) is 9.78 Å². The monoisotopic (exact) mass is 362 g/mol. The van der Waals surface area contributed by atoms with Crippen LogP contribution in [0.4, 0.5) is 0 Å². The van der Waals surface area contributed by atoms with Crippen molar-refractivity contribution in [3.63, 3.8) is 0 Å². The molecule has 1 unspecified atom stereocenters. The van der Waals surface area contributed by atoms with Crippen LogP contribution in [0.5, 0.6) is 0 Å². The van der Waals surface area contributed by atoms with Crippen LogP contribution in [-0.4, -0.2) is 32.5 Å². The van der Waals surface area contributed by atoms with Gasteiger partial charge in [-0.1, -0.05) is 18.2 Å². The van der Waals surface area contributed by atoms with E-state index in [1.54, 1.807) is 12.4 Å². The van der Waals surface area contributed by atoms with Gasteiger partial charge in [0.25, 0.3) is 0 Å². The molecule has 3 aromatic rings. The summed E-state index contributed by atoms with van der Waals surface area (Å²) < 4.78 is 5.71. The predicted molar refractivity (Wildman–Crippen MR) is 101 cm³/mol. The minimum Gasteiger partial charge on any atom is -0.421 e. The molecule has 0 aliphatic carbocycles. The van der Waals surface area contributed by atoms with Crippen LogP contribution in [0, 0.1) is 0 Å². The normalized spacial score (nSPS) is 16.6. The van der Waals surface area contributed by atoms with Crippen molar-refractivity contribution < 1.29 is 9.21 Å². The molecule has 0 spiro atoms. The molecule has 4 rings (SSSR count). The molecule has 6 heteroatoms. The second-order valence-corrected chi connectivity index (χ2v) is 6.75. The molecule has 0 bridgehead atoms. The maximum Gasteiger partial charge on any atom is 0.247 e. The van der Waals surface area contributed by atoms with Gasteiger partial charge >= 0.3 is 0 Å². The molecule has 1 fully saturated rings. The first-order chi connectivity index (χ1) is 13.3. The topological polar surface area (TPSA) is 72.1 Å². The Labute approximate surface area is 158 Å². The van der Waals surface area contributed by atoms with Gasteiger partial charge in [-0.15, -0.1) is 10.2 Å². The number of pyridine rings is 1. The van der Waals surface area contributed by atoms with E-state index in [1.807, 2.05) is 47.4 Å². The molecule has 3 heterocycles. The number of carbonyl (C=O) groups is 1. The fourth-order valence-electron chi connectivity index (χ4n) is 3.58. The molecule has 138 valence electrons. The maximum atomic E-state index is 12.7. The van der Waals surface area contributed by atoms with Gasteiger partial charge in [0.2, 0.25) is 17.7 Å². The van der Waals surface area contributed by atoms with Gasteiger partial charge in [0.05, 0.1) is 6.04 Å². The third-order valence-corrected chi connectivity index (χ3v) is 4.93. The van der Waals surface area contributed by atoms with Crippen LogP contribution in [0.25, 0.3) is 11.5 Å². The number of likely N-dealkylation sites (tertiary alicyclic amines) is 1. The van der Waals surface area contributed by atoms with Crippen LogP contribution in [-0.2, 0) is 11.2 Å². The van der Waals surface area contributed by atoms with Crippen LogP contribution >= 0.6 is 0 Å². The molecular formula is C21H22N4O2. The molecule has 1 aliphatic rings. The van der Waals surface area contributed by atoms with E-state index in [2.05, 4.69) is 15.2 Å². The van der Waals surface area contributed by atoms with Crippen LogP contribution in [0.15, 0.2) is 59.3 Å². The summed E-state index contributed by atoms with van der Waals surface area (Å²) in [6, 6.07) is 13.9. The van der Waals surface area contributed by atoms with E-state index in [0.29, 0.717) is 31.0 Å². The standard InChI is InChI=1S/C21H22N4O2/c26-20(25-15-5-8-18(25)16-11-13-22-14-12-16)10-4-9-19-23-24-21(27-19)17-6-2-1-3-7-17/h1-3,6-7,11-14,18H,4-5,8-10,15H2. The van der Waals surface area contributed by atoms with Gasteiger partial charge in [0.1, 0.15) is 0 Å². The van der Waals surface area contributed by atoms with Crippen LogP contribution in [0.1, 0.15) is 43.2 Å². The Hall–Kier alpha value is -3.02. The molecule has 1 amide bonds. The molecule has 27 heavy (non-hydrogen) atoms. The number of aromatic nitrogens is 3. The molecule has 0 saturated carbocycles. The first-order valence-electron chi connectivity index (χ1n) is 9.38. The molecule has 2 aromatic heterocycles. The fraction of sp³-hybridized carbons (Fsp3) is 0.333. The van der Waals surface area contributed by atoms with E-state index >= 15 is 0 Å². The number of aryl methyl sites for hydroxylation is 1. The predicted octanol–water partition coefficient (Wildman–Crippen LogP) is 3.82. The Morgan fingerprint density at radius 2 is 1.93 bits per heavy atom. The van der Waals surface area contributed by atoms with Crippen LogP contribution in [0.3, 0.4) is 0 Å². The first-order valence-corrected chi connectivity index (χ1v) is 9.38.